The number of carbonyl (C=O) groups is 1. The first-order chi connectivity index (χ1) is 17.5. The van der Waals surface area contributed by atoms with Crippen molar-refractivity contribution >= 4 is 34.8 Å². The predicted molar refractivity (Wildman–Crippen MR) is 140 cm³/mol. The standard InChI is InChI=1S/C26H33Cl2F3N2O4/c1-17-7-8-18(14-24(17)37-4)19(6-5-9-33(10-12-35-2)11-13-36-3)25(34)32-23-16-22(28)21(27)15-20(23)26(29,30)31/h7-8,14-16,19H,5-6,9-13H2,1-4H3,(H,32,34). The lowest BCUT2D eigenvalue weighted by atomic mass is 9.91. The summed E-state index contributed by atoms with van der Waals surface area (Å²) in [5.41, 5.74) is -0.00737. The number of benzene rings is 2. The number of methoxy groups -OCH3 is 3. The van der Waals surface area contributed by atoms with Crippen LogP contribution in [-0.2, 0) is 20.4 Å². The fourth-order valence-corrected chi connectivity index (χ4v) is 4.23. The predicted octanol–water partition coefficient (Wildman–Crippen LogP) is 6.43. The van der Waals surface area contributed by atoms with Crippen molar-refractivity contribution in [2.45, 2.75) is 31.9 Å². The number of rotatable bonds is 14. The van der Waals surface area contributed by atoms with Crippen LogP contribution in [0, 0.1) is 6.92 Å². The smallest absolute Gasteiger partial charge is 0.418 e. The van der Waals surface area contributed by atoms with E-state index in [1.165, 1.54) is 7.11 Å². The van der Waals surface area contributed by atoms with Crippen molar-refractivity contribution in [2.24, 2.45) is 0 Å². The van der Waals surface area contributed by atoms with E-state index in [-0.39, 0.29) is 10.0 Å². The summed E-state index contributed by atoms with van der Waals surface area (Å²) in [6.45, 7) is 4.98. The number of amides is 1. The molecule has 11 heteroatoms. The molecular weight excluding hydrogens is 532 g/mol. The fourth-order valence-electron chi connectivity index (χ4n) is 3.90. The number of hydrogen-bond donors (Lipinski definition) is 1. The van der Waals surface area contributed by atoms with Gasteiger partial charge in [0.05, 0.1) is 47.5 Å². The van der Waals surface area contributed by atoms with Crippen molar-refractivity contribution in [1.82, 2.24) is 4.90 Å². The van der Waals surface area contributed by atoms with Gasteiger partial charge in [-0.15, -0.1) is 0 Å². The van der Waals surface area contributed by atoms with Gasteiger partial charge in [0.2, 0.25) is 5.91 Å². The number of halogens is 5. The fraction of sp³-hybridized carbons (Fsp3) is 0.500. The van der Waals surface area contributed by atoms with Gasteiger partial charge in [0, 0.05) is 27.3 Å². The lowest BCUT2D eigenvalue weighted by Crippen LogP contribution is -2.32. The van der Waals surface area contributed by atoms with Gasteiger partial charge in [0.1, 0.15) is 5.75 Å². The van der Waals surface area contributed by atoms with Crippen LogP contribution in [-0.4, -0.2) is 65.0 Å². The Balaban J connectivity index is 2.33. The Bertz CT molecular complexity index is 1030. The van der Waals surface area contributed by atoms with Gasteiger partial charge in [0.15, 0.2) is 0 Å². The Morgan fingerprint density at radius 3 is 2.19 bits per heavy atom. The van der Waals surface area contributed by atoms with E-state index < -0.39 is 29.3 Å². The maximum atomic E-state index is 13.7. The SMILES string of the molecule is COCCN(CCCC(C(=O)Nc1cc(Cl)c(Cl)cc1C(F)(F)F)c1ccc(C)c(OC)c1)CCOC. The van der Waals surface area contributed by atoms with Crippen LogP contribution in [0.5, 0.6) is 5.75 Å². The molecule has 2 aromatic rings. The molecule has 0 aliphatic heterocycles. The lowest BCUT2D eigenvalue weighted by Gasteiger charge is -2.24. The Morgan fingerprint density at radius 1 is 1.00 bits per heavy atom. The first-order valence-electron chi connectivity index (χ1n) is 11.7. The average Bonchev–Trinajstić information content (AvgIpc) is 2.84. The zero-order valence-corrected chi connectivity index (χ0v) is 22.9. The van der Waals surface area contributed by atoms with Gasteiger partial charge >= 0.3 is 6.18 Å². The molecule has 206 valence electrons. The number of nitrogens with one attached hydrogen (secondary N) is 1. The third-order valence-corrected chi connectivity index (χ3v) is 6.69. The number of carbonyl (C=O) groups excluding carboxylic acids is 1. The molecule has 2 rings (SSSR count). The molecule has 1 atom stereocenters. The largest absolute Gasteiger partial charge is 0.496 e. The van der Waals surface area contributed by atoms with Crippen LogP contribution in [0.3, 0.4) is 0 Å². The normalized spacial score (nSPS) is 12.6. The molecule has 0 aromatic heterocycles. The topological polar surface area (TPSA) is 60.0 Å². The summed E-state index contributed by atoms with van der Waals surface area (Å²) in [5, 5.41) is 2.10. The molecule has 0 fully saturated rings. The molecule has 2 aromatic carbocycles. The maximum absolute atomic E-state index is 13.7. The number of aryl methyl sites for hydroxylation is 1. The summed E-state index contributed by atoms with van der Waals surface area (Å²) in [7, 11) is 4.77. The summed E-state index contributed by atoms with van der Waals surface area (Å²) in [6, 6.07) is 7.08. The van der Waals surface area contributed by atoms with Crippen LogP contribution in [0.4, 0.5) is 18.9 Å². The Labute approximate surface area is 226 Å². The second kappa shape index (κ2) is 14.8. The average molecular weight is 565 g/mol. The van der Waals surface area contributed by atoms with Gasteiger partial charge in [0.25, 0.3) is 0 Å². The second-order valence-corrected chi connectivity index (χ2v) is 9.36. The number of nitrogens with zero attached hydrogens (tertiary/aromatic N) is 1. The lowest BCUT2D eigenvalue weighted by molar-refractivity contribution is -0.137. The first kappa shape index (κ1) is 31.2. The molecule has 0 saturated heterocycles. The van der Waals surface area contributed by atoms with Crippen molar-refractivity contribution < 1.29 is 32.2 Å². The minimum absolute atomic E-state index is 0.0922. The summed E-state index contributed by atoms with van der Waals surface area (Å²) >= 11 is 11.8. The number of hydrogen-bond acceptors (Lipinski definition) is 5. The van der Waals surface area contributed by atoms with E-state index in [9.17, 15) is 18.0 Å². The van der Waals surface area contributed by atoms with E-state index in [1.54, 1.807) is 26.4 Å². The molecule has 6 nitrogen and oxygen atoms in total. The van der Waals surface area contributed by atoms with Crippen LogP contribution in [0.1, 0.15) is 35.4 Å². The molecule has 0 aliphatic rings. The number of ether oxygens (including phenoxy) is 3. The summed E-state index contributed by atoms with van der Waals surface area (Å²) in [5.74, 6) is -0.741. The minimum atomic E-state index is -4.73. The van der Waals surface area contributed by atoms with E-state index in [4.69, 9.17) is 37.4 Å². The molecule has 0 radical (unpaired) electrons. The van der Waals surface area contributed by atoms with Gasteiger partial charge in [-0.2, -0.15) is 13.2 Å². The molecule has 1 amide bonds. The van der Waals surface area contributed by atoms with Crippen molar-refractivity contribution in [3.8, 4) is 5.75 Å². The highest BCUT2D eigenvalue weighted by molar-refractivity contribution is 6.42. The summed E-state index contributed by atoms with van der Waals surface area (Å²) in [6.07, 6.45) is -3.74. The Hall–Kier alpha value is -2.04. The van der Waals surface area contributed by atoms with Crippen LogP contribution >= 0.6 is 23.2 Å². The molecule has 37 heavy (non-hydrogen) atoms. The molecule has 0 aliphatic carbocycles. The van der Waals surface area contributed by atoms with Crippen molar-refractivity contribution in [3.63, 3.8) is 0 Å². The highest BCUT2D eigenvalue weighted by atomic mass is 35.5. The van der Waals surface area contributed by atoms with Crippen molar-refractivity contribution in [1.29, 1.82) is 0 Å². The van der Waals surface area contributed by atoms with Gasteiger partial charge < -0.3 is 19.5 Å². The minimum Gasteiger partial charge on any atom is -0.496 e. The molecule has 0 spiro atoms. The van der Waals surface area contributed by atoms with E-state index in [1.807, 2.05) is 13.0 Å². The summed E-state index contributed by atoms with van der Waals surface area (Å²) in [4.78, 5) is 15.6. The van der Waals surface area contributed by atoms with Gasteiger partial charge in [-0.3, -0.25) is 9.69 Å². The van der Waals surface area contributed by atoms with Gasteiger partial charge in [-0.25, -0.2) is 0 Å². The molecule has 0 bridgehead atoms. The van der Waals surface area contributed by atoms with Crippen LogP contribution in [0.15, 0.2) is 30.3 Å². The highest BCUT2D eigenvalue weighted by Gasteiger charge is 2.35. The van der Waals surface area contributed by atoms with Crippen LogP contribution in [0.25, 0.3) is 0 Å². The Morgan fingerprint density at radius 2 is 1.62 bits per heavy atom. The third-order valence-electron chi connectivity index (χ3n) is 5.97. The molecule has 1 unspecified atom stereocenters. The zero-order chi connectivity index (χ0) is 27.6. The van der Waals surface area contributed by atoms with E-state index >= 15 is 0 Å². The van der Waals surface area contributed by atoms with E-state index in [2.05, 4.69) is 10.2 Å². The quantitative estimate of drug-likeness (QED) is 0.286. The maximum Gasteiger partial charge on any atom is 0.418 e. The molecule has 0 saturated carbocycles. The van der Waals surface area contributed by atoms with Gasteiger partial charge in [-0.05, 0) is 55.6 Å². The highest BCUT2D eigenvalue weighted by Crippen LogP contribution is 2.40. The zero-order valence-electron chi connectivity index (χ0n) is 21.4. The van der Waals surface area contributed by atoms with Crippen molar-refractivity contribution in [2.75, 3.05) is 59.5 Å². The second-order valence-electron chi connectivity index (χ2n) is 8.55. The number of anilines is 1. The molecule has 1 N–H and O–H groups in total. The summed E-state index contributed by atoms with van der Waals surface area (Å²) < 4.78 is 56.8. The third kappa shape index (κ3) is 9.33. The van der Waals surface area contributed by atoms with Gasteiger partial charge in [-0.1, -0.05) is 35.3 Å². The van der Waals surface area contributed by atoms with Crippen LogP contribution < -0.4 is 10.1 Å². The molecular formula is C26H33Cl2F3N2O4. The first-order valence-corrected chi connectivity index (χ1v) is 12.5. The monoisotopic (exact) mass is 564 g/mol. The van der Waals surface area contributed by atoms with E-state index in [0.29, 0.717) is 63.1 Å². The van der Waals surface area contributed by atoms with Crippen LogP contribution in [0.2, 0.25) is 10.0 Å². The van der Waals surface area contributed by atoms with Crippen molar-refractivity contribution in [3.05, 3.63) is 57.1 Å². The van der Waals surface area contributed by atoms with E-state index in [0.717, 1.165) is 11.6 Å². The Kier molecular flexibility index (Phi) is 12.5. The molecule has 0 heterocycles. The number of alkyl halides is 3.